The van der Waals surface area contributed by atoms with Gasteiger partial charge in [0.15, 0.2) is 0 Å². The second-order valence-electron chi connectivity index (χ2n) is 14.3. The van der Waals surface area contributed by atoms with Gasteiger partial charge < -0.3 is 24.4 Å². The summed E-state index contributed by atoms with van der Waals surface area (Å²) in [5.41, 5.74) is 6.32. The van der Waals surface area contributed by atoms with Gasteiger partial charge in [0, 0.05) is 57.3 Å². The summed E-state index contributed by atoms with van der Waals surface area (Å²) in [6.07, 6.45) is 14.7. The molecule has 0 spiro atoms. The highest BCUT2D eigenvalue weighted by atomic mass is 16.5. The van der Waals surface area contributed by atoms with Crippen molar-refractivity contribution in [2.75, 3.05) is 44.2 Å². The van der Waals surface area contributed by atoms with Gasteiger partial charge >= 0.3 is 0 Å². The Hall–Kier alpha value is -6.46. The second-order valence-corrected chi connectivity index (χ2v) is 14.3. The number of allylic oxidation sites excluding steroid dienone is 9. The minimum atomic E-state index is -0.632. The van der Waals surface area contributed by atoms with E-state index in [2.05, 4.69) is 58.9 Å². The van der Waals surface area contributed by atoms with Gasteiger partial charge in [0.1, 0.15) is 23.3 Å². The Labute approximate surface area is 340 Å². The van der Waals surface area contributed by atoms with Crippen LogP contribution < -0.4 is 19.7 Å². The van der Waals surface area contributed by atoms with E-state index in [-0.39, 0.29) is 24.0 Å². The van der Waals surface area contributed by atoms with Gasteiger partial charge in [-0.2, -0.15) is 0 Å². The fraction of sp³-hybridized carbons (Fsp3) is 0.277. The van der Waals surface area contributed by atoms with Crippen LogP contribution in [0, 0.1) is 0 Å². The first-order chi connectivity index (χ1) is 28.1. The number of benzene rings is 2. The summed E-state index contributed by atoms with van der Waals surface area (Å²) in [5, 5.41) is 12.0. The lowest BCUT2D eigenvalue weighted by atomic mass is 9.92. The van der Waals surface area contributed by atoms with Crippen molar-refractivity contribution in [3.8, 4) is 11.6 Å². The Morgan fingerprint density at radius 3 is 2.48 bits per heavy atom. The Morgan fingerprint density at radius 1 is 1.00 bits per heavy atom. The third kappa shape index (κ3) is 10.5. The van der Waals surface area contributed by atoms with Crippen molar-refractivity contribution in [2.45, 2.75) is 45.2 Å². The molecule has 2 fully saturated rings. The van der Waals surface area contributed by atoms with Crippen molar-refractivity contribution in [3.05, 3.63) is 162 Å². The van der Waals surface area contributed by atoms with E-state index in [1.54, 1.807) is 29.2 Å². The number of aromatic nitrogens is 1. The van der Waals surface area contributed by atoms with Crippen LogP contribution in [0.2, 0.25) is 0 Å². The maximum atomic E-state index is 13.0. The molecule has 300 valence electrons. The maximum absolute atomic E-state index is 13.0. The number of carbonyl (C=O) groups is 3. The highest BCUT2D eigenvalue weighted by Gasteiger charge is 2.39. The van der Waals surface area contributed by atoms with E-state index in [0.29, 0.717) is 42.5 Å². The van der Waals surface area contributed by atoms with Crippen LogP contribution in [0.3, 0.4) is 0 Å². The molecule has 0 radical (unpaired) electrons. The van der Waals surface area contributed by atoms with Crippen LogP contribution in [0.5, 0.6) is 11.6 Å². The number of imide groups is 1. The SMILES string of the molecule is C=C\C(=C/C=C/C(C(=C)/C=C\C(=C)O)=C(/CC)c1ccccc1)Oc1ccc(N2CCN(CCCOc3ccc4c(c3)CN(C3CCC(=O)NC3=O)C4=O)CC2)cn1. The molecule has 4 heterocycles. The predicted molar refractivity (Wildman–Crippen MR) is 227 cm³/mol. The molecule has 1 atom stereocenters. The van der Waals surface area contributed by atoms with Gasteiger partial charge in [-0.25, -0.2) is 4.98 Å². The average molecular weight is 782 g/mol. The van der Waals surface area contributed by atoms with Crippen molar-refractivity contribution in [1.82, 2.24) is 20.1 Å². The number of carbonyl (C=O) groups excluding carboxylic acids is 3. The summed E-state index contributed by atoms with van der Waals surface area (Å²) in [7, 11) is 0. The Morgan fingerprint density at radius 2 is 1.79 bits per heavy atom. The van der Waals surface area contributed by atoms with E-state index in [4.69, 9.17) is 9.47 Å². The van der Waals surface area contributed by atoms with Gasteiger partial charge in [-0.05, 0) is 89.6 Å². The Bertz CT molecular complexity index is 2140. The fourth-order valence-corrected chi connectivity index (χ4v) is 7.35. The van der Waals surface area contributed by atoms with Crippen LogP contribution in [-0.4, -0.2) is 83.0 Å². The van der Waals surface area contributed by atoms with E-state index in [1.165, 1.54) is 6.08 Å². The molecule has 3 amide bonds. The van der Waals surface area contributed by atoms with Crippen molar-refractivity contribution < 1.29 is 29.0 Å². The average Bonchev–Trinajstić information content (AvgIpc) is 3.56. The first-order valence-corrected chi connectivity index (χ1v) is 19.7. The quantitative estimate of drug-likeness (QED) is 0.0621. The summed E-state index contributed by atoms with van der Waals surface area (Å²) >= 11 is 0. The summed E-state index contributed by atoms with van der Waals surface area (Å²) in [6, 6.07) is 18.9. The number of piperidine rings is 1. The molecule has 0 bridgehead atoms. The third-order valence-electron chi connectivity index (χ3n) is 10.4. The van der Waals surface area contributed by atoms with Gasteiger partial charge in [0.05, 0.1) is 18.5 Å². The van der Waals surface area contributed by atoms with Crippen LogP contribution in [0.25, 0.3) is 5.57 Å². The van der Waals surface area contributed by atoms with E-state index in [9.17, 15) is 19.5 Å². The maximum Gasteiger partial charge on any atom is 0.255 e. The molecule has 3 aliphatic heterocycles. The Balaban J connectivity index is 0.959. The van der Waals surface area contributed by atoms with E-state index in [1.807, 2.05) is 60.8 Å². The highest BCUT2D eigenvalue weighted by Crippen LogP contribution is 2.31. The summed E-state index contributed by atoms with van der Waals surface area (Å²) < 4.78 is 12.1. The standard InChI is InChI=1S/C47H51N5O6/c1-5-38(14-10-15-41(33(3)16-17-34(4)53)40(6-2)35-12-8-7-9-13-35)58-45-23-18-37(31-48-45)51-27-25-50(26-28-51)24-11-29-57-39-19-20-42-36(30-39)32-52(47(42)56)43-21-22-44(54)49-46(43)55/h5,7-10,12-20,23,30-31,43,53H,1,3-4,6,11,21-22,24-29,32H2,2H3,(H,49,54,55)/b15-10+,17-16-,38-14+,41-40+. The van der Waals surface area contributed by atoms with Crippen LogP contribution in [-0.2, 0) is 16.1 Å². The lowest BCUT2D eigenvalue weighted by Gasteiger charge is -2.35. The molecule has 6 rings (SSSR count). The van der Waals surface area contributed by atoms with Gasteiger partial charge in [-0.15, -0.1) is 0 Å². The molecule has 2 aromatic carbocycles. The fourth-order valence-electron chi connectivity index (χ4n) is 7.35. The lowest BCUT2D eigenvalue weighted by Crippen LogP contribution is -2.52. The van der Waals surface area contributed by atoms with Crippen LogP contribution in [0.1, 0.15) is 54.1 Å². The number of nitrogens with one attached hydrogen (secondary N) is 1. The first-order valence-electron chi connectivity index (χ1n) is 19.7. The molecule has 3 aromatic rings. The third-order valence-corrected chi connectivity index (χ3v) is 10.4. The van der Waals surface area contributed by atoms with Gasteiger partial charge in [-0.3, -0.25) is 24.6 Å². The number of hydrogen-bond acceptors (Lipinski definition) is 9. The number of pyridine rings is 1. The number of piperazine rings is 1. The minimum absolute atomic E-state index is 0.0395. The molecule has 2 N–H and O–H groups in total. The number of fused-ring (bicyclic) bond motifs is 1. The molecule has 11 nitrogen and oxygen atoms in total. The normalized spacial score (nSPS) is 18.0. The highest BCUT2D eigenvalue weighted by molar-refractivity contribution is 6.05. The molecule has 1 aromatic heterocycles. The molecular weight excluding hydrogens is 731 g/mol. The second kappa shape index (κ2) is 19.6. The molecule has 2 saturated heterocycles. The molecular formula is C47H51N5O6. The van der Waals surface area contributed by atoms with Crippen LogP contribution >= 0.6 is 0 Å². The topological polar surface area (TPSA) is 125 Å². The molecule has 3 aliphatic rings. The van der Waals surface area contributed by atoms with Gasteiger partial charge in [-0.1, -0.05) is 75.2 Å². The number of hydrogen-bond donors (Lipinski definition) is 2. The first kappa shape index (κ1) is 41.2. The van der Waals surface area contributed by atoms with Crippen molar-refractivity contribution in [2.24, 2.45) is 0 Å². The zero-order valence-electron chi connectivity index (χ0n) is 33.1. The zero-order chi connectivity index (χ0) is 41.0. The number of anilines is 1. The zero-order valence-corrected chi connectivity index (χ0v) is 33.1. The number of ether oxygens (including phenoxy) is 2. The molecule has 1 unspecified atom stereocenters. The van der Waals surface area contributed by atoms with Crippen molar-refractivity contribution in [3.63, 3.8) is 0 Å². The van der Waals surface area contributed by atoms with Gasteiger partial charge in [0.25, 0.3) is 5.91 Å². The molecule has 58 heavy (non-hydrogen) atoms. The van der Waals surface area contributed by atoms with E-state index < -0.39 is 11.9 Å². The minimum Gasteiger partial charge on any atom is -0.509 e. The van der Waals surface area contributed by atoms with E-state index in [0.717, 1.165) is 79.1 Å². The van der Waals surface area contributed by atoms with E-state index >= 15 is 0 Å². The summed E-state index contributed by atoms with van der Waals surface area (Å²) in [6.45, 7) is 19.2. The number of aliphatic hydroxyl groups is 1. The number of aliphatic hydroxyl groups excluding tert-OH is 1. The number of rotatable bonds is 17. The smallest absolute Gasteiger partial charge is 0.255 e. The van der Waals surface area contributed by atoms with Crippen molar-refractivity contribution >= 4 is 29.0 Å². The largest absolute Gasteiger partial charge is 0.509 e. The Kier molecular flexibility index (Phi) is 13.9. The van der Waals surface area contributed by atoms with Gasteiger partial charge in [0.2, 0.25) is 17.7 Å². The number of nitrogens with zero attached hydrogens (tertiary/aromatic N) is 4. The number of amides is 3. The predicted octanol–water partition coefficient (Wildman–Crippen LogP) is 7.49. The van der Waals surface area contributed by atoms with Crippen molar-refractivity contribution in [1.29, 1.82) is 0 Å². The molecule has 0 saturated carbocycles. The molecule has 0 aliphatic carbocycles. The molecule has 11 heteroatoms. The summed E-state index contributed by atoms with van der Waals surface area (Å²) in [4.78, 5) is 47.8. The lowest BCUT2D eigenvalue weighted by molar-refractivity contribution is -0.136. The summed E-state index contributed by atoms with van der Waals surface area (Å²) in [5.74, 6) is 0.765. The monoisotopic (exact) mass is 781 g/mol. The van der Waals surface area contributed by atoms with Crippen LogP contribution in [0.15, 0.2) is 146 Å². The van der Waals surface area contributed by atoms with Crippen LogP contribution in [0.4, 0.5) is 5.69 Å².